The summed E-state index contributed by atoms with van der Waals surface area (Å²) in [5.41, 5.74) is 4.04. The fourth-order valence-electron chi connectivity index (χ4n) is 4.83. The van der Waals surface area contributed by atoms with Crippen molar-refractivity contribution in [3.05, 3.63) is 77.4 Å². The SMILES string of the molecule is [B]c1cc(CN2CCN(C(=O)c3ccc(NS(=O)(=O)c4cccc5c4N=CCC5)cc3)CC2)ccc1OC. The minimum absolute atomic E-state index is 0.0702. The summed E-state index contributed by atoms with van der Waals surface area (Å²) in [6.45, 7) is 3.47. The first kappa shape index (κ1) is 26.0. The number of piperazine rings is 1. The van der Waals surface area contributed by atoms with E-state index in [0.717, 1.165) is 43.6 Å². The van der Waals surface area contributed by atoms with Crippen molar-refractivity contribution in [1.29, 1.82) is 0 Å². The van der Waals surface area contributed by atoms with Gasteiger partial charge in [-0.3, -0.25) is 19.4 Å². The highest BCUT2D eigenvalue weighted by Gasteiger charge is 2.24. The van der Waals surface area contributed by atoms with Gasteiger partial charge in [0.2, 0.25) is 0 Å². The Morgan fingerprint density at radius 2 is 1.82 bits per heavy atom. The minimum Gasteiger partial charge on any atom is -0.497 e. The molecule has 2 radical (unpaired) electrons. The van der Waals surface area contributed by atoms with Gasteiger partial charge in [0.15, 0.2) is 0 Å². The van der Waals surface area contributed by atoms with Gasteiger partial charge in [0.25, 0.3) is 15.9 Å². The van der Waals surface area contributed by atoms with E-state index in [1.807, 2.05) is 29.2 Å². The lowest BCUT2D eigenvalue weighted by Gasteiger charge is -2.35. The number of amides is 1. The fraction of sp³-hybridized carbons (Fsp3) is 0.286. The number of fused-ring (bicyclic) bond motifs is 1. The molecule has 2 heterocycles. The average molecular weight is 528 g/mol. The number of methoxy groups -OCH3 is 1. The summed E-state index contributed by atoms with van der Waals surface area (Å²) in [5, 5.41) is 0. The number of nitrogens with zero attached hydrogens (tertiary/aromatic N) is 3. The van der Waals surface area contributed by atoms with Crippen LogP contribution in [0.3, 0.4) is 0 Å². The molecule has 1 N–H and O–H groups in total. The largest absolute Gasteiger partial charge is 0.497 e. The van der Waals surface area contributed by atoms with E-state index < -0.39 is 10.0 Å². The third-order valence-corrected chi connectivity index (χ3v) is 8.29. The minimum atomic E-state index is -3.83. The van der Waals surface area contributed by atoms with Crippen LogP contribution in [-0.4, -0.2) is 71.5 Å². The quantitative estimate of drug-likeness (QED) is 0.477. The molecule has 3 aromatic rings. The van der Waals surface area contributed by atoms with Crippen molar-refractivity contribution in [1.82, 2.24) is 9.80 Å². The Hall–Kier alpha value is -3.63. The Kier molecular flexibility index (Phi) is 7.53. The number of anilines is 1. The molecule has 0 unspecified atom stereocenters. The molecule has 194 valence electrons. The third-order valence-electron chi connectivity index (χ3n) is 6.88. The van der Waals surface area contributed by atoms with Gasteiger partial charge in [0, 0.05) is 50.2 Å². The van der Waals surface area contributed by atoms with Crippen LogP contribution in [0.2, 0.25) is 0 Å². The van der Waals surface area contributed by atoms with Gasteiger partial charge in [-0.25, -0.2) is 8.42 Å². The molecule has 8 nitrogen and oxygen atoms in total. The van der Waals surface area contributed by atoms with Crippen LogP contribution in [0.25, 0.3) is 0 Å². The van der Waals surface area contributed by atoms with E-state index in [2.05, 4.69) is 14.6 Å². The van der Waals surface area contributed by atoms with Crippen LogP contribution < -0.4 is 14.9 Å². The highest BCUT2D eigenvalue weighted by Crippen LogP contribution is 2.32. The van der Waals surface area contributed by atoms with Crippen LogP contribution in [0, 0.1) is 0 Å². The topological polar surface area (TPSA) is 91.3 Å². The smallest absolute Gasteiger partial charge is 0.264 e. The Labute approximate surface area is 224 Å². The lowest BCUT2D eigenvalue weighted by atomic mass is 9.93. The second-order valence-corrected chi connectivity index (χ2v) is 11.1. The first-order valence-electron chi connectivity index (χ1n) is 12.6. The maximum atomic E-state index is 13.1. The number of hydrogen-bond donors (Lipinski definition) is 1. The van der Waals surface area contributed by atoms with E-state index in [1.165, 1.54) is 0 Å². The van der Waals surface area contributed by atoms with Crippen molar-refractivity contribution >= 4 is 46.8 Å². The maximum Gasteiger partial charge on any atom is 0.264 e. The van der Waals surface area contributed by atoms with Crippen molar-refractivity contribution in [2.45, 2.75) is 24.3 Å². The molecule has 5 rings (SSSR count). The fourth-order valence-corrected chi connectivity index (χ4v) is 6.08. The normalized spacial score (nSPS) is 15.7. The number of ether oxygens (including phenoxy) is 1. The van der Waals surface area contributed by atoms with E-state index in [1.54, 1.807) is 49.7 Å². The standard InChI is InChI=1S/C28H29BN4O4S/c1-37-25-12-7-20(18-24(25)29)19-32-14-16-33(17-15-32)28(34)22-8-10-23(11-9-22)31-38(35,36)26-6-2-4-21-5-3-13-30-27(21)26/h2,4,6-13,18,31H,3,5,14-17,19H2,1H3. The van der Waals surface area contributed by atoms with Crippen molar-refractivity contribution in [2.75, 3.05) is 38.0 Å². The van der Waals surface area contributed by atoms with Crippen LogP contribution in [0.1, 0.15) is 27.9 Å². The summed E-state index contributed by atoms with van der Waals surface area (Å²) in [6.07, 6.45) is 3.31. The van der Waals surface area contributed by atoms with E-state index in [-0.39, 0.29) is 10.8 Å². The number of aliphatic imine (C=N–C) groups is 1. The lowest BCUT2D eigenvalue weighted by Crippen LogP contribution is -2.48. The van der Waals surface area contributed by atoms with Crippen LogP contribution >= 0.6 is 0 Å². The number of carbonyl (C=O) groups is 1. The molecule has 2 aliphatic heterocycles. The van der Waals surface area contributed by atoms with E-state index in [4.69, 9.17) is 12.6 Å². The zero-order chi connectivity index (χ0) is 26.7. The Morgan fingerprint density at radius 1 is 1.05 bits per heavy atom. The number of aryl methyl sites for hydroxylation is 1. The van der Waals surface area contributed by atoms with Gasteiger partial charge < -0.3 is 9.64 Å². The number of carbonyl (C=O) groups excluding carboxylic acids is 1. The Morgan fingerprint density at radius 3 is 2.53 bits per heavy atom. The zero-order valence-electron chi connectivity index (χ0n) is 21.3. The van der Waals surface area contributed by atoms with Gasteiger partial charge in [-0.2, -0.15) is 0 Å². The summed E-state index contributed by atoms with van der Waals surface area (Å²) in [7, 11) is 3.79. The number of sulfonamides is 1. The highest BCUT2D eigenvalue weighted by atomic mass is 32.2. The predicted molar refractivity (Wildman–Crippen MR) is 150 cm³/mol. The van der Waals surface area contributed by atoms with Crippen molar-refractivity contribution < 1.29 is 17.9 Å². The second kappa shape index (κ2) is 11.0. The Bertz CT molecular complexity index is 1470. The van der Waals surface area contributed by atoms with Crippen LogP contribution in [0.5, 0.6) is 5.75 Å². The summed E-state index contributed by atoms with van der Waals surface area (Å²) in [5.74, 6) is 0.593. The molecule has 38 heavy (non-hydrogen) atoms. The number of hydrogen-bond acceptors (Lipinski definition) is 6. The Balaban J connectivity index is 1.19. The van der Waals surface area contributed by atoms with Crippen molar-refractivity contribution in [2.24, 2.45) is 4.99 Å². The van der Waals surface area contributed by atoms with Crippen molar-refractivity contribution in [3.63, 3.8) is 0 Å². The van der Waals surface area contributed by atoms with Gasteiger partial charge in [0.1, 0.15) is 18.5 Å². The monoisotopic (exact) mass is 528 g/mol. The first-order valence-corrected chi connectivity index (χ1v) is 14.0. The molecule has 0 atom stereocenters. The highest BCUT2D eigenvalue weighted by molar-refractivity contribution is 7.92. The van der Waals surface area contributed by atoms with Gasteiger partial charge in [0.05, 0.1) is 12.8 Å². The average Bonchev–Trinajstić information content (AvgIpc) is 2.93. The number of nitrogens with one attached hydrogen (secondary N) is 1. The number of rotatable bonds is 7. The summed E-state index contributed by atoms with van der Waals surface area (Å²) in [6, 6.07) is 17.6. The summed E-state index contributed by atoms with van der Waals surface area (Å²) >= 11 is 0. The molecule has 0 aliphatic carbocycles. The van der Waals surface area contributed by atoms with E-state index in [9.17, 15) is 13.2 Å². The van der Waals surface area contributed by atoms with Gasteiger partial charge in [-0.15, -0.1) is 0 Å². The van der Waals surface area contributed by atoms with Crippen LogP contribution in [0.15, 0.2) is 70.6 Å². The van der Waals surface area contributed by atoms with E-state index >= 15 is 0 Å². The molecule has 1 amide bonds. The molecule has 2 aliphatic rings. The van der Waals surface area contributed by atoms with E-state index in [0.29, 0.717) is 41.2 Å². The molecule has 1 saturated heterocycles. The van der Waals surface area contributed by atoms with Crippen molar-refractivity contribution in [3.8, 4) is 5.75 Å². The summed E-state index contributed by atoms with van der Waals surface area (Å²) in [4.78, 5) is 21.7. The molecule has 10 heteroatoms. The van der Waals surface area contributed by atoms with Gasteiger partial charge in [-0.1, -0.05) is 29.7 Å². The maximum absolute atomic E-state index is 13.1. The molecule has 1 fully saturated rings. The van der Waals surface area contributed by atoms with Gasteiger partial charge >= 0.3 is 0 Å². The van der Waals surface area contributed by atoms with Gasteiger partial charge in [-0.05, 0) is 60.4 Å². The van der Waals surface area contributed by atoms with Crippen LogP contribution in [-0.2, 0) is 23.0 Å². The number of para-hydroxylation sites is 1. The molecule has 0 saturated carbocycles. The molecule has 3 aromatic carbocycles. The number of benzene rings is 3. The molecule has 0 spiro atoms. The molecular formula is C28H29BN4O4S. The third kappa shape index (κ3) is 5.61. The summed E-state index contributed by atoms with van der Waals surface area (Å²) < 4.78 is 34.0. The van der Waals surface area contributed by atoms with Crippen LogP contribution in [0.4, 0.5) is 11.4 Å². The molecular weight excluding hydrogens is 499 g/mol. The predicted octanol–water partition coefficient (Wildman–Crippen LogP) is 2.90. The zero-order valence-corrected chi connectivity index (χ0v) is 22.1. The second-order valence-electron chi connectivity index (χ2n) is 9.44. The lowest BCUT2D eigenvalue weighted by molar-refractivity contribution is 0.0628. The molecule has 0 bridgehead atoms. The molecule has 0 aromatic heterocycles. The first-order chi connectivity index (χ1) is 18.3.